The summed E-state index contributed by atoms with van der Waals surface area (Å²) < 4.78 is 5.58. The van der Waals surface area contributed by atoms with Crippen LogP contribution < -0.4 is 10.6 Å². The van der Waals surface area contributed by atoms with Gasteiger partial charge in [0, 0.05) is 13.1 Å². The van der Waals surface area contributed by atoms with Crippen molar-refractivity contribution < 1.29 is 4.74 Å². The smallest absolute Gasteiger partial charge is 0.0712 e. The molecular formula is C10H22N2O. The van der Waals surface area contributed by atoms with Crippen molar-refractivity contribution in [3.8, 4) is 0 Å². The lowest BCUT2D eigenvalue weighted by atomic mass is 10.2. The maximum atomic E-state index is 5.58. The highest BCUT2D eigenvalue weighted by Crippen LogP contribution is 2.00. The lowest BCUT2D eigenvalue weighted by Crippen LogP contribution is -2.40. The fourth-order valence-electron chi connectivity index (χ4n) is 1.46. The molecular weight excluding hydrogens is 164 g/mol. The van der Waals surface area contributed by atoms with Crippen LogP contribution in [0, 0.1) is 5.92 Å². The Labute approximate surface area is 81.2 Å². The molecule has 2 N–H and O–H groups in total. The topological polar surface area (TPSA) is 33.3 Å². The zero-order chi connectivity index (χ0) is 9.52. The Morgan fingerprint density at radius 1 is 1.54 bits per heavy atom. The first-order valence-electron chi connectivity index (χ1n) is 5.32. The number of morpholine rings is 1. The molecule has 0 aromatic carbocycles. The summed E-state index contributed by atoms with van der Waals surface area (Å²) in [5, 5.41) is 6.76. The summed E-state index contributed by atoms with van der Waals surface area (Å²) in [6, 6.07) is 0. The van der Waals surface area contributed by atoms with Crippen LogP contribution in [-0.2, 0) is 4.74 Å². The summed E-state index contributed by atoms with van der Waals surface area (Å²) in [5.41, 5.74) is 0. The van der Waals surface area contributed by atoms with Gasteiger partial charge in [-0.1, -0.05) is 13.8 Å². The molecule has 1 heterocycles. The van der Waals surface area contributed by atoms with Gasteiger partial charge in [0.15, 0.2) is 0 Å². The van der Waals surface area contributed by atoms with Gasteiger partial charge < -0.3 is 15.4 Å². The first-order chi connectivity index (χ1) is 6.29. The van der Waals surface area contributed by atoms with Crippen molar-refractivity contribution in [1.29, 1.82) is 0 Å². The highest BCUT2D eigenvalue weighted by Gasteiger charge is 2.11. The molecule has 0 aliphatic carbocycles. The van der Waals surface area contributed by atoms with Crippen molar-refractivity contribution in [1.82, 2.24) is 10.6 Å². The van der Waals surface area contributed by atoms with Gasteiger partial charge in [0.05, 0.1) is 12.7 Å². The minimum atomic E-state index is 0.424. The van der Waals surface area contributed by atoms with Gasteiger partial charge in [-0.3, -0.25) is 0 Å². The van der Waals surface area contributed by atoms with E-state index in [4.69, 9.17) is 4.74 Å². The normalized spacial score (nSPS) is 23.8. The van der Waals surface area contributed by atoms with Crippen molar-refractivity contribution in [2.75, 3.05) is 32.8 Å². The zero-order valence-corrected chi connectivity index (χ0v) is 8.81. The zero-order valence-electron chi connectivity index (χ0n) is 8.81. The van der Waals surface area contributed by atoms with Crippen LogP contribution in [0.4, 0.5) is 0 Å². The Morgan fingerprint density at radius 2 is 2.38 bits per heavy atom. The van der Waals surface area contributed by atoms with Crippen LogP contribution in [0.1, 0.15) is 20.3 Å². The predicted octanol–water partition coefficient (Wildman–Crippen LogP) is 0.611. The van der Waals surface area contributed by atoms with Crippen LogP contribution in [0.15, 0.2) is 0 Å². The number of nitrogens with one attached hydrogen (secondary N) is 2. The van der Waals surface area contributed by atoms with Gasteiger partial charge in [0.2, 0.25) is 0 Å². The Kier molecular flexibility index (Phi) is 5.35. The molecule has 1 fully saturated rings. The third kappa shape index (κ3) is 5.24. The molecule has 3 heteroatoms. The molecule has 3 nitrogen and oxygen atoms in total. The summed E-state index contributed by atoms with van der Waals surface area (Å²) in [6.45, 7) is 9.54. The summed E-state index contributed by atoms with van der Waals surface area (Å²) >= 11 is 0. The number of hydrogen-bond acceptors (Lipinski definition) is 3. The number of ether oxygens (including phenoxy) is 1. The minimum absolute atomic E-state index is 0.424. The monoisotopic (exact) mass is 186 g/mol. The van der Waals surface area contributed by atoms with E-state index in [1.54, 1.807) is 0 Å². The van der Waals surface area contributed by atoms with E-state index in [0.717, 1.165) is 45.1 Å². The average Bonchev–Trinajstić information content (AvgIpc) is 2.14. The molecule has 1 rings (SSSR count). The Hall–Kier alpha value is -0.120. The van der Waals surface area contributed by atoms with Gasteiger partial charge in [-0.15, -0.1) is 0 Å². The third-order valence-corrected chi connectivity index (χ3v) is 2.20. The van der Waals surface area contributed by atoms with E-state index in [9.17, 15) is 0 Å². The van der Waals surface area contributed by atoms with Gasteiger partial charge in [0.1, 0.15) is 0 Å². The second kappa shape index (κ2) is 6.35. The van der Waals surface area contributed by atoms with E-state index >= 15 is 0 Å². The van der Waals surface area contributed by atoms with Crippen LogP contribution in [0.25, 0.3) is 0 Å². The van der Waals surface area contributed by atoms with Crippen molar-refractivity contribution >= 4 is 0 Å². The van der Waals surface area contributed by atoms with E-state index in [-0.39, 0.29) is 0 Å². The van der Waals surface area contributed by atoms with Crippen LogP contribution >= 0.6 is 0 Å². The molecule has 0 saturated carbocycles. The maximum absolute atomic E-state index is 5.58. The maximum Gasteiger partial charge on any atom is 0.0712 e. The largest absolute Gasteiger partial charge is 0.376 e. The van der Waals surface area contributed by atoms with Crippen molar-refractivity contribution in [3.63, 3.8) is 0 Å². The summed E-state index contributed by atoms with van der Waals surface area (Å²) in [7, 11) is 0. The number of hydrogen-bond donors (Lipinski definition) is 2. The first-order valence-corrected chi connectivity index (χ1v) is 5.32. The molecule has 1 atom stereocenters. The molecule has 1 aliphatic heterocycles. The molecule has 1 saturated heterocycles. The average molecular weight is 186 g/mol. The van der Waals surface area contributed by atoms with Crippen LogP contribution in [0.2, 0.25) is 0 Å². The SMILES string of the molecule is CC(C)CNCCC1CNCCO1. The van der Waals surface area contributed by atoms with Gasteiger partial charge in [-0.05, 0) is 25.4 Å². The molecule has 1 aliphatic rings. The number of rotatable bonds is 5. The molecule has 0 bridgehead atoms. The summed E-state index contributed by atoms with van der Waals surface area (Å²) in [4.78, 5) is 0. The van der Waals surface area contributed by atoms with Crippen molar-refractivity contribution in [2.45, 2.75) is 26.4 Å². The van der Waals surface area contributed by atoms with Gasteiger partial charge in [0.25, 0.3) is 0 Å². The molecule has 0 amide bonds. The standard InChI is InChI=1S/C10H22N2O/c1-9(2)7-11-4-3-10-8-12-5-6-13-10/h9-12H,3-8H2,1-2H3. The van der Waals surface area contributed by atoms with E-state index in [1.165, 1.54) is 0 Å². The molecule has 78 valence electrons. The second-order valence-corrected chi connectivity index (χ2v) is 4.08. The van der Waals surface area contributed by atoms with Crippen molar-refractivity contribution in [3.05, 3.63) is 0 Å². The van der Waals surface area contributed by atoms with Gasteiger partial charge in [-0.2, -0.15) is 0 Å². The molecule has 0 spiro atoms. The Bertz CT molecular complexity index is 122. The summed E-state index contributed by atoms with van der Waals surface area (Å²) in [5.74, 6) is 0.741. The highest BCUT2D eigenvalue weighted by atomic mass is 16.5. The predicted molar refractivity (Wildman–Crippen MR) is 54.9 cm³/mol. The lowest BCUT2D eigenvalue weighted by Gasteiger charge is -2.23. The molecule has 0 aromatic rings. The van der Waals surface area contributed by atoms with E-state index in [0.29, 0.717) is 6.10 Å². The van der Waals surface area contributed by atoms with E-state index < -0.39 is 0 Å². The second-order valence-electron chi connectivity index (χ2n) is 4.08. The van der Waals surface area contributed by atoms with E-state index in [1.807, 2.05) is 0 Å². The van der Waals surface area contributed by atoms with Crippen molar-refractivity contribution in [2.24, 2.45) is 5.92 Å². The molecule has 1 unspecified atom stereocenters. The molecule has 13 heavy (non-hydrogen) atoms. The van der Waals surface area contributed by atoms with Crippen LogP contribution in [0.5, 0.6) is 0 Å². The molecule has 0 radical (unpaired) electrons. The van der Waals surface area contributed by atoms with E-state index in [2.05, 4.69) is 24.5 Å². The first kappa shape index (κ1) is 11.0. The lowest BCUT2D eigenvalue weighted by molar-refractivity contribution is 0.0238. The Balaban J connectivity index is 1.92. The van der Waals surface area contributed by atoms with Crippen LogP contribution in [0.3, 0.4) is 0 Å². The van der Waals surface area contributed by atoms with Crippen LogP contribution in [-0.4, -0.2) is 38.9 Å². The van der Waals surface area contributed by atoms with Gasteiger partial charge in [-0.25, -0.2) is 0 Å². The fraction of sp³-hybridized carbons (Fsp3) is 1.00. The minimum Gasteiger partial charge on any atom is -0.376 e. The molecule has 0 aromatic heterocycles. The quantitative estimate of drug-likeness (QED) is 0.617. The highest BCUT2D eigenvalue weighted by molar-refractivity contribution is 4.68. The Morgan fingerprint density at radius 3 is 3.00 bits per heavy atom. The third-order valence-electron chi connectivity index (χ3n) is 2.20. The fourth-order valence-corrected chi connectivity index (χ4v) is 1.46. The summed E-state index contributed by atoms with van der Waals surface area (Å²) in [6.07, 6.45) is 1.55. The van der Waals surface area contributed by atoms with Gasteiger partial charge >= 0.3 is 0 Å².